The molecule has 0 amide bonds. The van der Waals surface area contributed by atoms with Crippen molar-refractivity contribution < 1.29 is 0 Å². The molecule has 0 spiro atoms. The maximum atomic E-state index is 12.5. The molecule has 4 rings (SSSR count). The number of pyridine rings is 1. The van der Waals surface area contributed by atoms with Gasteiger partial charge in [-0.2, -0.15) is 0 Å². The average Bonchev–Trinajstić information content (AvgIpc) is 2.71. The van der Waals surface area contributed by atoms with Gasteiger partial charge in [-0.15, -0.1) is 0 Å². The number of rotatable bonds is 3. The number of benzene rings is 1. The van der Waals surface area contributed by atoms with Crippen LogP contribution >= 0.6 is 0 Å². The van der Waals surface area contributed by atoms with Gasteiger partial charge in [0.15, 0.2) is 0 Å². The first-order valence-corrected chi connectivity index (χ1v) is 9.16. The lowest BCUT2D eigenvalue weighted by molar-refractivity contribution is 0.461. The molecule has 27 heavy (non-hydrogen) atoms. The predicted octanol–water partition coefficient (Wildman–Crippen LogP) is 2.30. The van der Waals surface area contributed by atoms with Crippen molar-refractivity contribution in [3.63, 3.8) is 0 Å². The van der Waals surface area contributed by atoms with Crippen LogP contribution in [0.15, 0.2) is 59.7 Å². The Bertz CT molecular complexity index is 999. The average molecular weight is 361 g/mol. The topological polar surface area (TPSA) is 63.1 Å². The highest BCUT2D eigenvalue weighted by molar-refractivity contribution is 5.59. The Kier molecular flexibility index (Phi) is 4.73. The van der Waals surface area contributed by atoms with Gasteiger partial charge in [-0.05, 0) is 30.2 Å². The Labute approximate surface area is 158 Å². The zero-order chi connectivity index (χ0) is 18.8. The lowest BCUT2D eigenvalue weighted by Crippen LogP contribution is -2.48. The largest absolute Gasteiger partial charge is 0.339 e. The van der Waals surface area contributed by atoms with Crippen LogP contribution in [0, 0.1) is 6.92 Å². The number of anilines is 1. The maximum absolute atomic E-state index is 12.5. The number of piperazine rings is 1. The van der Waals surface area contributed by atoms with E-state index in [4.69, 9.17) is 4.98 Å². The summed E-state index contributed by atoms with van der Waals surface area (Å²) in [5, 5.41) is 3.59. The molecule has 0 radical (unpaired) electrons. The molecule has 1 atom stereocenters. The minimum absolute atomic E-state index is 0.0576. The number of nitrogens with zero attached hydrogens (tertiary/aromatic N) is 4. The van der Waals surface area contributed by atoms with Crippen LogP contribution in [0.5, 0.6) is 0 Å². The molecule has 0 aliphatic carbocycles. The molecule has 6 heteroatoms. The summed E-state index contributed by atoms with van der Waals surface area (Å²) in [5.41, 5.74) is 4.08. The van der Waals surface area contributed by atoms with Crippen LogP contribution in [0.4, 0.5) is 5.95 Å². The van der Waals surface area contributed by atoms with Gasteiger partial charge in [0.25, 0.3) is 5.56 Å². The summed E-state index contributed by atoms with van der Waals surface area (Å²) in [6, 6.07) is 14.0. The van der Waals surface area contributed by atoms with Gasteiger partial charge in [-0.1, -0.05) is 24.3 Å². The fourth-order valence-corrected chi connectivity index (χ4v) is 3.60. The van der Waals surface area contributed by atoms with E-state index in [9.17, 15) is 4.79 Å². The second kappa shape index (κ2) is 7.32. The van der Waals surface area contributed by atoms with Gasteiger partial charge in [0, 0.05) is 50.7 Å². The van der Waals surface area contributed by atoms with Crippen LogP contribution in [0.2, 0.25) is 0 Å². The summed E-state index contributed by atoms with van der Waals surface area (Å²) in [7, 11) is 1.78. The molecule has 0 bridgehead atoms. The van der Waals surface area contributed by atoms with Crippen molar-refractivity contribution in [2.45, 2.75) is 13.0 Å². The van der Waals surface area contributed by atoms with E-state index in [1.165, 1.54) is 11.1 Å². The minimum Gasteiger partial charge on any atom is -0.339 e. The zero-order valence-electron chi connectivity index (χ0n) is 15.6. The molecule has 0 saturated carbocycles. The Morgan fingerprint density at radius 3 is 2.70 bits per heavy atom. The van der Waals surface area contributed by atoms with E-state index in [1.54, 1.807) is 30.1 Å². The van der Waals surface area contributed by atoms with E-state index in [-0.39, 0.29) is 11.6 Å². The monoisotopic (exact) mass is 361 g/mol. The van der Waals surface area contributed by atoms with Crippen LogP contribution in [-0.4, -0.2) is 34.2 Å². The minimum atomic E-state index is -0.0576. The summed E-state index contributed by atoms with van der Waals surface area (Å²) in [5.74, 6) is 0.703. The number of aromatic nitrogens is 3. The van der Waals surface area contributed by atoms with Gasteiger partial charge in [-0.3, -0.25) is 14.3 Å². The van der Waals surface area contributed by atoms with Crippen molar-refractivity contribution in [3.8, 4) is 11.3 Å². The molecular weight excluding hydrogens is 338 g/mol. The zero-order valence-corrected chi connectivity index (χ0v) is 15.6. The highest BCUT2D eigenvalue weighted by atomic mass is 16.1. The van der Waals surface area contributed by atoms with Crippen molar-refractivity contribution >= 4 is 5.95 Å². The van der Waals surface area contributed by atoms with E-state index in [2.05, 4.69) is 46.4 Å². The van der Waals surface area contributed by atoms with E-state index in [0.29, 0.717) is 11.6 Å². The normalized spacial score (nSPS) is 17.1. The second-order valence-electron chi connectivity index (χ2n) is 6.88. The van der Waals surface area contributed by atoms with Gasteiger partial charge in [0.05, 0.1) is 11.7 Å². The fraction of sp³-hybridized carbons (Fsp3) is 0.286. The lowest BCUT2D eigenvalue weighted by Gasteiger charge is -2.36. The van der Waals surface area contributed by atoms with E-state index >= 15 is 0 Å². The van der Waals surface area contributed by atoms with Crippen molar-refractivity contribution in [1.82, 2.24) is 19.9 Å². The summed E-state index contributed by atoms with van der Waals surface area (Å²) < 4.78 is 1.63. The number of nitrogens with one attached hydrogen (secondary N) is 1. The van der Waals surface area contributed by atoms with Crippen molar-refractivity contribution in [3.05, 3.63) is 76.3 Å². The number of aryl methyl sites for hydroxylation is 1. The van der Waals surface area contributed by atoms with E-state index in [0.717, 1.165) is 25.2 Å². The van der Waals surface area contributed by atoms with Gasteiger partial charge in [0.1, 0.15) is 0 Å². The first-order valence-electron chi connectivity index (χ1n) is 9.16. The smallest absolute Gasteiger partial charge is 0.255 e. The third-order valence-electron chi connectivity index (χ3n) is 5.11. The Morgan fingerprint density at radius 1 is 1.15 bits per heavy atom. The molecule has 1 saturated heterocycles. The quantitative estimate of drug-likeness (QED) is 0.776. The Morgan fingerprint density at radius 2 is 1.93 bits per heavy atom. The van der Waals surface area contributed by atoms with Gasteiger partial charge >= 0.3 is 0 Å². The molecule has 1 N–H and O–H groups in total. The van der Waals surface area contributed by atoms with E-state index < -0.39 is 0 Å². The van der Waals surface area contributed by atoms with Crippen LogP contribution in [0.25, 0.3) is 11.3 Å². The molecule has 138 valence electrons. The summed E-state index contributed by atoms with van der Waals surface area (Å²) in [6.45, 7) is 4.55. The van der Waals surface area contributed by atoms with E-state index in [1.807, 2.05) is 12.1 Å². The van der Waals surface area contributed by atoms with Crippen LogP contribution in [0.3, 0.4) is 0 Å². The summed E-state index contributed by atoms with van der Waals surface area (Å²) in [6.07, 6.45) is 3.43. The molecule has 2 aromatic heterocycles. The molecule has 1 aromatic carbocycles. The first kappa shape index (κ1) is 17.4. The van der Waals surface area contributed by atoms with Crippen molar-refractivity contribution in [2.24, 2.45) is 7.05 Å². The summed E-state index contributed by atoms with van der Waals surface area (Å²) >= 11 is 0. The molecule has 6 nitrogen and oxygen atoms in total. The molecule has 1 aliphatic rings. The van der Waals surface area contributed by atoms with Crippen LogP contribution < -0.4 is 15.8 Å². The first-order chi connectivity index (χ1) is 13.1. The fourth-order valence-electron chi connectivity index (χ4n) is 3.60. The van der Waals surface area contributed by atoms with Gasteiger partial charge in [-0.25, -0.2) is 4.98 Å². The second-order valence-corrected chi connectivity index (χ2v) is 6.88. The van der Waals surface area contributed by atoms with Crippen LogP contribution in [-0.2, 0) is 7.05 Å². The SMILES string of the molecule is Cc1ccccc1C1CN(c2nc(-c3ccncc3)cc(=O)n2C)CCN1. The Hall–Kier alpha value is -2.99. The highest BCUT2D eigenvalue weighted by Crippen LogP contribution is 2.24. The van der Waals surface area contributed by atoms with Crippen LogP contribution in [0.1, 0.15) is 17.2 Å². The molecule has 1 unspecified atom stereocenters. The third kappa shape index (κ3) is 3.48. The van der Waals surface area contributed by atoms with Crippen molar-refractivity contribution in [1.29, 1.82) is 0 Å². The number of hydrogen-bond donors (Lipinski definition) is 1. The number of hydrogen-bond acceptors (Lipinski definition) is 5. The molecule has 1 fully saturated rings. The molecular formula is C21H23N5O. The van der Waals surface area contributed by atoms with Gasteiger partial charge in [0.2, 0.25) is 5.95 Å². The maximum Gasteiger partial charge on any atom is 0.255 e. The molecule has 1 aliphatic heterocycles. The summed E-state index contributed by atoms with van der Waals surface area (Å²) in [4.78, 5) is 23.6. The lowest BCUT2D eigenvalue weighted by atomic mass is 9.99. The highest BCUT2D eigenvalue weighted by Gasteiger charge is 2.24. The van der Waals surface area contributed by atoms with Crippen molar-refractivity contribution in [2.75, 3.05) is 24.5 Å². The molecule has 3 heterocycles. The third-order valence-corrected chi connectivity index (χ3v) is 5.11. The predicted molar refractivity (Wildman–Crippen MR) is 107 cm³/mol. The standard InChI is InChI=1S/C21H23N5O/c1-15-5-3-4-6-17(15)19-14-26(12-11-23-19)21-24-18(13-20(27)25(21)2)16-7-9-22-10-8-16/h3-10,13,19,23H,11-12,14H2,1-2H3. The molecule has 3 aromatic rings. The Balaban J connectivity index is 1.69. The van der Waals surface area contributed by atoms with Gasteiger partial charge < -0.3 is 10.2 Å².